The van der Waals surface area contributed by atoms with Crippen LogP contribution in [0.4, 0.5) is 0 Å². The first-order valence-electron chi connectivity index (χ1n) is 5.01. The molecular weight excluding hydrogens is 214 g/mol. The van der Waals surface area contributed by atoms with Crippen molar-refractivity contribution in [3.05, 3.63) is 17.5 Å². The molecular formula is C10H15NOS2. The van der Waals surface area contributed by atoms with Crippen LogP contribution in [0.5, 0.6) is 0 Å². The average Bonchev–Trinajstić information content (AvgIpc) is 2.84. The maximum atomic E-state index is 11.7. The lowest BCUT2D eigenvalue weighted by molar-refractivity contribution is 0.658. The van der Waals surface area contributed by atoms with Crippen molar-refractivity contribution in [3.63, 3.8) is 0 Å². The van der Waals surface area contributed by atoms with Crippen LogP contribution in [-0.4, -0.2) is 22.5 Å². The molecule has 1 aromatic rings. The van der Waals surface area contributed by atoms with Gasteiger partial charge in [-0.15, -0.1) is 11.3 Å². The number of hydrogen-bond acceptors (Lipinski definition) is 3. The maximum absolute atomic E-state index is 11.7. The van der Waals surface area contributed by atoms with Crippen LogP contribution in [0, 0.1) is 0 Å². The van der Waals surface area contributed by atoms with Gasteiger partial charge in [-0.25, -0.2) is 0 Å². The van der Waals surface area contributed by atoms with Gasteiger partial charge in [-0.05, 0) is 37.3 Å². The summed E-state index contributed by atoms with van der Waals surface area (Å²) in [6.07, 6.45) is 3.67. The quantitative estimate of drug-likeness (QED) is 0.756. The molecule has 1 unspecified atom stereocenters. The molecule has 1 N–H and O–H groups in total. The van der Waals surface area contributed by atoms with Gasteiger partial charge in [-0.2, -0.15) is 0 Å². The molecule has 2 nitrogen and oxygen atoms in total. The van der Waals surface area contributed by atoms with Gasteiger partial charge in [-0.3, -0.25) is 4.21 Å². The Morgan fingerprint density at radius 1 is 1.57 bits per heavy atom. The van der Waals surface area contributed by atoms with Crippen molar-refractivity contribution in [2.45, 2.75) is 29.5 Å². The summed E-state index contributed by atoms with van der Waals surface area (Å²) in [5.74, 6) is 0.792. The van der Waals surface area contributed by atoms with Crippen molar-refractivity contribution in [1.29, 1.82) is 0 Å². The molecule has 1 atom stereocenters. The minimum Gasteiger partial charge on any atom is -0.314 e. The highest BCUT2D eigenvalue weighted by Crippen LogP contribution is 2.18. The molecule has 0 spiro atoms. The summed E-state index contributed by atoms with van der Waals surface area (Å²) in [6, 6.07) is 4.68. The molecule has 0 aromatic carbocycles. The standard InChI is InChI=1S/C10H15NOS2/c12-14(10-3-1-7-13-10)8-2-6-11-9-4-5-9/h1,3,7,9,11H,2,4-6,8H2. The molecule has 1 aliphatic rings. The predicted octanol–water partition coefficient (Wildman–Crippen LogP) is 2.00. The second kappa shape index (κ2) is 5.05. The molecule has 1 fully saturated rings. The van der Waals surface area contributed by atoms with E-state index < -0.39 is 10.8 Å². The first kappa shape index (κ1) is 10.3. The van der Waals surface area contributed by atoms with E-state index in [-0.39, 0.29) is 0 Å². The molecule has 1 aliphatic carbocycles. The normalized spacial score (nSPS) is 18.3. The SMILES string of the molecule is O=S(CCCNC1CC1)c1cccs1. The van der Waals surface area contributed by atoms with Crippen LogP contribution in [0.25, 0.3) is 0 Å². The van der Waals surface area contributed by atoms with Crippen LogP contribution in [0.2, 0.25) is 0 Å². The lowest BCUT2D eigenvalue weighted by Crippen LogP contribution is -2.19. The molecule has 0 bridgehead atoms. The third kappa shape index (κ3) is 3.19. The van der Waals surface area contributed by atoms with Crippen molar-refractivity contribution in [3.8, 4) is 0 Å². The Morgan fingerprint density at radius 3 is 3.07 bits per heavy atom. The zero-order valence-electron chi connectivity index (χ0n) is 8.07. The number of hydrogen-bond donors (Lipinski definition) is 1. The van der Waals surface area contributed by atoms with Crippen molar-refractivity contribution in [2.24, 2.45) is 0 Å². The Kier molecular flexibility index (Phi) is 3.73. The highest BCUT2D eigenvalue weighted by molar-refractivity contribution is 7.87. The van der Waals surface area contributed by atoms with Crippen LogP contribution in [0.15, 0.2) is 21.7 Å². The Labute approximate surface area is 91.2 Å². The molecule has 4 heteroatoms. The first-order valence-corrected chi connectivity index (χ1v) is 7.21. The van der Waals surface area contributed by atoms with Crippen LogP contribution in [0.3, 0.4) is 0 Å². The number of rotatable bonds is 6. The smallest absolute Gasteiger partial charge is 0.0910 e. The van der Waals surface area contributed by atoms with E-state index in [1.54, 1.807) is 11.3 Å². The van der Waals surface area contributed by atoms with Gasteiger partial charge in [0.2, 0.25) is 0 Å². The van der Waals surface area contributed by atoms with Gasteiger partial charge in [0.05, 0.1) is 15.0 Å². The fourth-order valence-corrected chi connectivity index (χ4v) is 3.42. The summed E-state index contributed by atoms with van der Waals surface area (Å²) in [6.45, 7) is 1.02. The van der Waals surface area contributed by atoms with E-state index in [1.807, 2.05) is 17.5 Å². The third-order valence-electron chi connectivity index (χ3n) is 2.24. The molecule has 0 radical (unpaired) electrons. The van der Waals surface area contributed by atoms with Crippen LogP contribution in [-0.2, 0) is 10.8 Å². The second-order valence-corrected chi connectivity index (χ2v) is 6.31. The summed E-state index contributed by atoms with van der Waals surface area (Å²) in [7, 11) is -0.768. The summed E-state index contributed by atoms with van der Waals surface area (Å²) in [5, 5.41) is 5.41. The molecule has 14 heavy (non-hydrogen) atoms. The fraction of sp³-hybridized carbons (Fsp3) is 0.600. The molecule has 2 rings (SSSR count). The fourth-order valence-electron chi connectivity index (χ4n) is 1.29. The molecule has 0 amide bonds. The van der Waals surface area contributed by atoms with E-state index in [2.05, 4.69) is 5.32 Å². The monoisotopic (exact) mass is 229 g/mol. The van der Waals surface area contributed by atoms with Crippen molar-refractivity contribution in [1.82, 2.24) is 5.32 Å². The van der Waals surface area contributed by atoms with E-state index in [4.69, 9.17) is 0 Å². The van der Waals surface area contributed by atoms with E-state index in [1.165, 1.54) is 12.8 Å². The molecule has 78 valence electrons. The van der Waals surface area contributed by atoms with Gasteiger partial charge >= 0.3 is 0 Å². The molecule has 1 heterocycles. The first-order chi connectivity index (χ1) is 6.86. The maximum Gasteiger partial charge on any atom is 0.0910 e. The van der Waals surface area contributed by atoms with Crippen LogP contribution in [0.1, 0.15) is 19.3 Å². The van der Waals surface area contributed by atoms with E-state index in [0.29, 0.717) is 0 Å². The van der Waals surface area contributed by atoms with Gasteiger partial charge in [0.1, 0.15) is 0 Å². The molecule has 0 aliphatic heterocycles. The zero-order valence-corrected chi connectivity index (χ0v) is 9.70. The van der Waals surface area contributed by atoms with E-state index in [0.717, 1.165) is 29.0 Å². The van der Waals surface area contributed by atoms with Gasteiger partial charge in [-0.1, -0.05) is 6.07 Å². The highest BCUT2D eigenvalue weighted by Gasteiger charge is 2.19. The third-order valence-corrected chi connectivity index (χ3v) is 4.99. The van der Waals surface area contributed by atoms with Crippen LogP contribution < -0.4 is 5.32 Å². The van der Waals surface area contributed by atoms with Crippen molar-refractivity contribution >= 4 is 22.1 Å². The molecule has 0 saturated heterocycles. The Bertz CT molecular complexity index is 293. The number of thiophene rings is 1. The minimum absolute atomic E-state index is 0.768. The second-order valence-electron chi connectivity index (χ2n) is 3.56. The Balaban J connectivity index is 1.62. The Morgan fingerprint density at radius 2 is 2.43 bits per heavy atom. The minimum atomic E-state index is -0.768. The largest absolute Gasteiger partial charge is 0.314 e. The summed E-state index contributed by atoms with van der Waals surface area (Å²) >= 11 is 1.59. The van der Waals surface area contributed by atoms with E-state index in [9.17, 15) is 4.21 Å². The lowest BCUT2D eigenvalue weighted by Gasteiger charge is -2.01. The number of nitrogens with one attached hydrogen (secondary N) is 1. The van der Waals surface area contributed by atoms with Gasteiger partial charge in [0.15, 0.2) is 0 Å². The topological polar surface area (TPSA) is 29.1 Å². The van der Waals surface area contributed by atoms with Gasteiger partial charge < -0.3 is 5.32 Å². The molecule has 1 aromatic heterocycles. The highest BCUT2D eigenvalue weighted by atomic mass is 32.2. The van der Waals surface area contributed by atoms with Gasteiger partial charge in [0.25, 0.3) is 0 Å². The Hall–Kier alpha value is -0.190. The summed E-state index contributed by atoms with van der Waals surface area (Å²) in [4.78, 5) is 0. The lowest BCUT2D eigenvalue weighted by atomic mass is 10.5. The van der Waals surface area contributed by atoms with Gasteiger partial charge in [0, 0.05) is 11.8 Å². The zero-order chi connectivity index (χ0) is 9.80. The summed E-state index contributed by atoms with van der Waals surface area (Å²) < 4.78 is 12.7. The van der Waals surface area contributed by atoms with Crippen LogP contribution >= 0.6 is 11.3 Å². The summed E-state index contributed by atoms with van der Waals surface area (Å²) in [5.41, 5.74) is 0. The average molecular weight is 229 g/mol. The van der Waals surface area contributed by atoms with Crippen molar-refractivity contribution in [2.75, 3.05) is 12.3 Å². The molecule has 1 saturated carbocycles. The van der Waals surface area contributed by atoms with E-state index >= 15 is 0 Å². The predicted molar refractivity (Wildman–Crippen MR) is 61.2 cm³/mol. The van der Waals surface area contributed by atoms with Crippen molar-refractivity contribution < 1.29 is 4.21 Å².